The molecule has 3 N–H and O–H groups in total. The van der Waals surface area contributed by atoms with E-state index in [0.29, 0.717) is 24.4 Å². The van der Waals surface area contributed by atoms with Gasteiger partial charge in [0.05, 0.1) is 0 Å². The number of amides is 3. The van der Waals surface area contributed by atoms with E-state index in [2.05, 4.69) is 29.8 Å². The molecule has 0 aromatic heterocycles. The Morgan fingerprint density at radius 2 is 1.50 bits per heavy atom. The van der Waals surface area contributed by atoms with Crippen LogP contribution in [0.4, 0.5) is 5.69 Å². The molecule has 0 fully saturated rings. The summed E-state index contributed by atoms with van der Waals surface area (Å²) in [6.45, 7) is 11.6. The zero-order chi connectivity index (χ0) is 21.3. The maximum Gasteiger partial charge on any atom is 0.246 e. The SMILES string of the molecule is CCCC(=O)N[C@H](C(=O)N[C@@H](C)C(=O)Nc1ccc(CC(C)C)cc1)C(C)C. The normalized spacial score (nSPS) is 13.1. The standard InChI is InChI=1S/C22H35N3O3/c1-7-8-19(26)25-20(15(4)5)22(28)23-16(6)21(27)24-18-11-9-17(10-12-18)13-14(2)3/h9-12,14-16,20H,7-8,13H2,1-6H3,(H,23,28)(H,24,27)(H,25,26)/t16-,20-/m0/s1. The van der Waals surface area contributed by atoms with Crippen LogP contribution in [0.3, 0.4) is 0 Å². The fourth-order valence-electron chi connectivity index (χ4n) is 2.82. The van der Waals surface area contributed by atoms with Gasteiger partial charge in [-0.05, 0) is 49.3 Å². The Balaban J connectivity index is 2.64. The molecule has 6 nitrogen and oxygen atoms in total. The molecule has 1 aromatic rings. The molecule has 28 heavy (non-hydrogen) atoms. The van der Waals surface area contributed by atoms with E-state index < -0.39 is 12.1 Å². The Bertz CT molecular complexity index is 653. The highest BCUT2D eigenvalue weighted by Gasteiger charge is 2.26. The topological polar surface area (TPSA) is 87.3 Å². The summed E-state index contributed by atoms with van der Waals surface area (Å²) < 4.78 is 0. The van der Waals surface area contributed by atoms with E-state index in [1.165, 1.54) is 5.56 Å². The molecule has 0 aliphatic rings. The zero-order valence-electron chi connectivity index (χ0n) is 18.0. The van der Waals surface area contributed by atoms with Crippen LogP contribution in [0.5, 0.6) is 0 Å². The number of hydrogen-bond donors (Lipinski definition) is 3. The first-order valence-corrected chi connectivity index (χ1v) is 10.1. The van der Waals surface area contributed by atoms with Crippen molar-refractivity contribution in [3.8, 4) is 0 Å². The molecule has 0 spiro atoms. The van der Waals surface area contributed by atoms with Crippen molar-refractivity contribution in [2.45, 2.75) is 72.9 Å². The van der Waals surface area contributed by atoms with Gasteiger partial charge in [0.25, 0.3) is 0 Å². The third-order valence-corrected chi connectivity index (χ3v) is 4.36. The van der Waals surface area contributed by atoms with Crippen molar-refractivity contribution < 1.29 is 14.4 Å². The van der Waals surface area contributed by atoms with Crippen LogP contribution in [0.2, 0.25) is 0 Å². The molecule has 2 atom stereocenters. The van der Waals surface area contributed by atoms with Gasteiger partial charge in [0.1, 0.15) is 12.1 Å². The molecule has 0 aliphatic heterocycles. The van der Waals surface area contributed by atoms with Crippen LogP contribution in [-0.4, -0.2) is 29.8 Å². The highest BCUT2D eigenvalue weighted by atomic mass is 16.2. The zero-order valence-corrected chi connectivity index (χ0v) is 18.0. The average Bonchev–Trinajstić information content (AvgIpc) is 2.60. The van der Waals surface area contributed by atoms with Gasteiger partial charge < -0.3 is 16.0 Å². The summed E-state index contributed by atoms with van der Waals surface area (Å²) in [6.07, 6.45) is 2.08. The molecule has 0 radical (unpaired) electrons. The lowest BCUT2D eigenvalue weighted by Crippen LogP contribution is -2.53. The van der Waals surface area contributed by atoms with Gasteiger partial charge in [-0.3, -0.25) is 14.4 Å². The van der Waals surface area contributed by atoms with Crippen LogP contribution in [0.25, 0.3) is 0 Å². The number of carbonyl (C=O) groups excluding carboxylic acids is 3. The van der Waals surface area contributed by atoms with Crippen molar-refractivity contribution in [2.75, 3.05) is 5.32 Å². The first-order valence-electron chi connectivity index (χ1n) is 10.1. The summed E-state index contributed by atoms with van der Waals surface area (Å²) in [4.78, 5) is 36.8. The average molecular weight is 390 g/mol. The van der Waals surface area contributed by atoms with Crippen molar-refractivity contribution in [1.82, 2.24) is 10.6 Å². The summed E-state index contributed by atoms with van der Waals surface area (Å²) in [5.41, 5.74) is 1.91. The monoisotopic (exact) mass is 389 g/mol. The largest absolute Gasteiger partial charge is 0.344 e. The Kier molecular flexibility index (Phi) is 9.69. The Hall–Kier alpha value is -2.37. The van der Waals surface area contributed by atoms with Gasteiger partial charge >= 0.3 is 0 Å². The molecule has 0 heterocycles. The molecule has 6 heteroatoms. The second-order valence-corrected chi connectivity index (χ2v) is 8.05. The van der Waals surface area contributed by atoms with E-state index in [1.807, 2.05) is 45.0 Å². The van der Waals surface area contributed by atoms with Crippen LogP contribution in [-0.2, 0) is 20.8 Å². The van der Waals surface area contributed by atoms with Crippen molar-refractivity contribution in [3.05, 3.63) is 29.8 Å². The fourth-order valence-corrected chi connectivity index (χ4v) is 2.82. The lowest BCUT2D eigenvalue weighted by atomic mass is 10.0. The van der Waals surface area contributed by atoms with E-state index in [4.69, 9.17) is 0 Å². The van der Waals surface area contributed by atoms with Gasteiger partial charge in [-0.1, -0.05) is 46.8 Å². The predicted molar refractivity (Wildman–Crippen MR) is 113 cm³/mol. The van der Waals surface area contributed by atoms with E-state index in [0.717, 1.165) is 6.42 Å². The minimum absolute atomic E-state index is 0.0791. The van der Waals surface area contributed by atoms with Crippen molar-refractivity contribution in [1.29, 1.82) is 0 Å². The number of hydrogen-bond acceptors (Lipinski definition) is 3. The number of benzene rings is 1. The van der Waals surface area contributed by atoms with E-state index in [9.17, 15) is 14.4 Å². The Morgan fingerprint density at radius 3 is 2.00 bits per heavy atom. The maximum atomic E-state index is 12.5. The first-order chi connectivity index (χ1) is 13.1. The van der Waals surface area contributed by atoms with E-state index >= 15 is 0 Å². The summed E-state index contributed by atoms with van der Waals surface area (Å²) >= 11 is 0. The molecule has 0 aliphatic carbocycles. The highest BCUT2D eigenvalue weighted by molar-refractivity contribution is 5.98. The molecular weight excluding hydrogens is 354 g/mol. The van der Waals surface area contributed by atoms with Gasteiger partial charge in [-0.15, -0.1) is 0 Å². The highest BCUT2D eigenvalue weighted by Crippen LogP contribution is 2.13. The van der Waals surface area contributed by atoms with Crippen molar-refractivity contribution in [2.24, 2.45) is 11.8 Å². The summed E-state index contributed by atoms with van der Waals surface area (Å²) in [5.74, 6) is -0.316. The Labute approximate surface area is 168 Å². The fraction of sp³-hybridized carbons (Fsp3) is 0.591. The molecule has 1 rings (SSSR count). The van der Waals surface area contributed by atoms with E-state index in [1.54, 1.807) is 6.92 Å². The molecule has 1 aromatic carbocycles. The summed E-state index contributed by atoms with van der Waals surface area (Å²) in [6, 6.07) is 6.35. The molecule has 3 amide bonds. The third-order valence-electron chi connectivity index (χ3n) is 4.36. The lowest BCUT2D eigenvalue weighted by molar-refractivity contribution is -0.131. The van der Waals surface area contributed by atoms with Gasteiger partial charge in [0, 0.05) is 12.1 Å². The van der Waals surface area contributed by atoms with Crippen LogP contribution < -0.4 is 16.0 Å². The van der Waals surface area contributed by atoms with Crippen LogP contribution in [0.1, 0.15) is 59.9 Å². The predicted octanol–water partition coefficient (Wildman–Crippen LogP) is 3.27. The van der Waals surface area contributed by atoms with Crippen LogP contribution >= 0.6 is 0 Å². The second-order valence-electron chi connectivity index (χ2n) is 8.05. The van der Waals surface area contributed by atoms with Gasteiger partial charge in [0.15, 0.2) is 0 Å². The quantitative estimate of drug-likeness (QED) is 0.574. The number of anilines is 1. The first kappa shape index (κ1) is 23.7. The number of carbonyl (C=O) groups is 3. The van der Waals surface area contributed by atoms with Crippen LogP contribution in [0.15, 0.2) is 24.3 Å². The molecule has 0 saturated heterocycles. The minimum Gasteiger partial charge on any atom is -0.344 e. The Morgan fingerprint density at radius 1 is 0.893 bits per heavy atom. The number of nitrogens with one attached hydrogen (secondary N) is 3. The molecule has 0 saturated carbocycles. The second kappa shape index (κ2) is 11.5. The van der Waals surface area contributed by atoms with Crippen molar-refractivity contribution >= 4 is 23.4 Å². The van der Waals surface area contributed by atoms with E-state index in [-0.39, 0.29) is 23.6 Å². The molecule has 0 bridgehead atoms. The van der Waals surface area contributed by atoms with Crippen molar-refractivity contribution in [3.63, 3.8) is 0 Å². The molecule has 0 unspecified atom stereocenters. The van der Waals surface area contributed by atoms with Crippen LogP contribution in [0, 0.1) is 11.8 Å². The third kappa shape index (κ3) is 8.11. The smallest absolute Gasteiger partial charge is 0.246 e. The summed E-state index contributed by atoms with van der Waals surface area (Å²) in [5, 5.41) is 8.27. The van der Waals surface area contributed by atoms with Gasteiger partial charge in [-0.25, -0.2) is 0 Å². The maximum absolute atomic E-state index is 12.5. The lowest BCUT2D eigenvalue weighted by Gasteiger charge is -2.23. The van der Waals surface area contributed by atoms with Gasteiger partial charge in [-0.2, -0.15) is 0 Å². The molecular formula is C22H35N3O3. The minimum atomic E-state index is -0.716. The van der Waals surface area contributed by atoms with Gasteiger partial charge in [0.2, 0.25) is 17.7 Å². The summed E-state index contributed by atoms with van der Waals surface area (Å²) in [7, 11) is 0. The number of rotatable bonds is 10. The molecule has 156 valence electrons.